The Kier molecular flexibility index (Phi) is 9.94. The van der Waals surface area contributed by atoms with Gasteiger partial charge in [0, 0.05) is 18.1 Å². The predicted octanol–water partition coefficient (Wildman–Crippen LogP) is 5.10. The van der Waals surface area contributed by atoms with Gasteiger partial charge in [-0.2, -0.15) is 0 Å². The van der Waals surface area contributed by atoms with Crippen LogP contribution in [0.5, 0.6) is 0 Å². The summed E-state index contributed by atoms with van der Waals surface area (Å²) in [7, 11) is -4.13. The average Bonchev–Trinajstić information content (AvgIpc) is 2.90. The summed E-state index contributed by atoms with van der Waals surface area (Å²) in [5.74, 6) is -0.814. The number of carbonyl (C=O) groups is 2. The molecule has 0 spiro atoms. The Labute approximate surface area is 230 Å². The van der Waals surface area contributed by atoms with Gasteiger partial charge in [0.1, 0.15) is 12.6 Å². The number of hydrogen-bond donors (Lipinski definition) is 1. The fourth-order valence-corrected chi connectivity index (χ4v) is 5.57. The molecule has 1 N–H and O–H groups in total. The summed E-state index contributed by atoms with van der Waals surface area (Å²) in [6.07, 6.45) is 0.752. The van der Waals surface area contributed by atoms with E-state index in [9.17, 15) is 18.0 Å². The molecule has 3 rings (SSSR count). The average molecular weight is 556 g/mol. The van der Waals surface area contributed by atoms with Gasteiger partial charge in [-0.15, -0.1) is 0 Å². The minimum atomic E-state index is -4.13. The second-order valence-electron chi connectivity index (χ2n) is 9.24. The molecule has 38 heavy (non-hydrogen) atoms. The molecule has 0 aliphatic heterocycles. The van der Waals surface area contributed by atoms with Gasteiger partial charge in [0.05, 0.1) is 10.6 Å². The van der Waals surface area contributed by atoms with E-state index in [0.29, 0.717) is 11.6 Å². The van der Waals surface area contributed by atoms with Crippen LogP contribution in [-0.2, 0) is 26.2 Å². The molecule has 1 unspecified atom stereocenters. The Hall–Kier alpha value is -3.36. The van der Waals surface area contributed by atoms with Crippen molar-refractivity contribution in [2.24, 2.45) is 0 Å². The van der Waals surface area contributed by atoms with Crippen LogP contribution in [0.4, 0.5) is 5.69 Å². The van der Waals surface area contributed by atoms with E-state index in [1.807, 2.05) is 45.0 Å². The molecule has 2 amide bonds. The van der Waals surface area contributed by atoms with E-state index in [4.69, 9.17) is 11.6 Å². The third-order valence-electron chi connectivity index (χ3n) is 6.21. The monoisotopic (exact) mass is 555 g/mol. The number of sulfonamides is 1. The Morgan fingerprint density at radius 3 is 2.32 bits per heavy atom. The largest absolute Gasteiger partial charge is 0.354 e. The smallest absolute Gasteiger partial charge is 0.264 e. The van der Waals surface area contributed by atoms with Crippen LogP contribution in [0.3, 0.4) is 0 Å². The van der Waals surface area contributed by atoms with Gasteiger partial charge in [-0.3, -0.25) is 13.9 Å². The Morgan fingerprint density at radius 2 is 1.68 bits per heavy atom. The van der Waals surface area contributed by atoms with Gasteiger partial charge in [-0.1, -0.05) is 72.6 Å². The molecule has 9 heteroatoms. The summed E-state index contributed by atoms with van der Waals surface area (Å²) in [4.78, 5) is 28.2. The van der Waals surface area contributed by atoms with E-state index in [0.717, 1.165) is 27.4 Å². The van der Waals surface area contributed by atoms with E-state index in [1.165, 1.54) is 23.1 Å². The minimum Gasteiger partial charge on any atom is -0.354 e. The van der Waals surface area contributed by atoms with Gasteiger partial charge in [-0.05, 0) is 62.6 Å². The number of carbonyl (C=O) groups excluding carboxylic acids is 2. The summed E-state index contributed by atoms with van der Waals surface area (Å²) in [5.41, 5.74) is 2.89. The second kappa shape index (κ2) is 12.9. The van der Waals surface area contributed by atoms with E-state index < -0.39 is 28.5 Å². The van der Waals surface area contributed by atoms with Gasteiger partial charge in [0.15, 0.2) is 0 Å². The lowest BCUT2D eigenvalue weighted by atomic mass is 10.1. The van der Waals surface area contributed by atoms with E-state index in [1.54, 1.807) is 37.3 Å². The number of amides is 2. The minimum absolute atomic E-state index is 0.0449. The van der Waals surface area contributed by atoms with Gasteiger partial charge < -0.3 is 10.2 Å². The first-order valence-electron chi connectivity index (χ1n) is 12.5. The van der Waals surface area contributed by atoms with Crippen molar-refractivity contribution < 1.29 is 18.0 Å². The number of nitrogens with one attached hydrogen (secondary N) is 1. The van der Waals surface area contributed by atoms with Crippen molar-refractivity contribution >= 4 is 39.1 Å². The Bertz CT molecular complexity index is 1380. The third kappa shape index (κ3) is 7.14. The maximum Gasteiger partial charge on any atom is 0.264 e. The van der Waals surface area contributed by atoms with Gasteiger partial charge in [0.25, 0.3) is 10.0 Å². The highest BCUT2D eigenvalue weighted by molar-refractivity contribution is 7.92. The van der Waals surface area contributed by atoms with E-state index in [-0.39, 0.29) is 23.0 Å². The lowest BCUT2D eigenvalue weighted by Gasteiger charge is -2.32. The van der Waals surface area contributed by atoms with Crippen molar-refractivity contribution in [3.63, 3.8) is 0 Å². The van der Waals surface area contributed by atoms with Gasteiger partial charge in [-0.25, -0.2) is 8.42 Å². The molecular weight excluding hydrogens is 522 g/mol. The molecular formula is C29H34ClN3O4S. The molecule has 0 radical (unpaired) electrons. The normalized spacial score (nSPS) is 12.0. The number of aryl methyl sites for hydroxylation is 2. The van der Waals surface area contributed by atoms with Crippen LogP contribution in [0.1, 0.15) is 37.0 Å². The lowest BCUT2D eigenvalue weighted by Crippen LogP contribution is -2.51. The molecule has 7 nitrogen and oxygen atoms in total. The Morgan fingerprint density at radius 1 is 0.974 bits per heavy atom. The fourth-order valence-electron chi connectivity index (χ4n) is 3.97. The number of halogens is 1. The molecule has 1 atom stereocenters. The topological polar surface area (TPSA) is 86.8 Å². The maximum atomic E-state index is 13.9. The van der Waals surface area contributed by atoms with Crippen molar-refractivity contribution in [2.75, 3.05) is 17.4 Å². The number of nitrogens with zero attached hydrogens (tertiary/aromatic N) is 2. The standard InChI is InChI=1S/C29H34ClN3O4S/c1-5-16-31-29(35)23(4)32(19-24-11-9-10-21(2)17-24)28(34)20-33(25-15-14-22(3)27(30)18-25)38(36,37)26-12-7-6-8-13-26/h6-15,17-18,23H,5,16,19-20H2,1-4H3,(H,31,35). The predicted molar refractivity (Wildman–Crippen MR) is 152 cm³/mol. The molecule has 0 aliphatic carbocycles. The first-order chi connectivity index (χ1) is 18.0. The van der Waals surface area contributed by atoms with Crippen LogP contribution in [0.25, 0.3) is 0 Å². The zero-order valence-electron chi connectivity index (χ0n) is 22.1. The zero-order chi connectivity index (χ0) is 27.9. The molecule has 0 aromatic heterocycles. The van der Waals surface area contributed by atoms with Crippen LogP contribution in [0, 0.1) is 13.8 Å². The van der Waals surface area contributed by atoms with Gasteiger partial charge >= 0.3 is 0 Å². The number of anilines is 1. The highest BCUT2D eigenvalue weighted by Gasteiger charge is 2.32. The molecule has 202 valence electrons. The molecule has 0 bridgehead atoms. The highest BCUT2D eigenvalue weighted by Crippen LogP contribution is 2.28. The van der Waals surface area contributed by atoms with Crippen molar-refractivity contribution in [2.45, 2.75) is 51.6 Å². The molecule has 3 aromatic carbocycles. The molecule has 0 heterocycles. The fraction of sp³-hybridized carbons (Fsp3) is 0.310. The molecule has 0 saturated heterocycles. The first kappa shape index (κ1) is 29.2. The summed E-state index contributed by atoms with van der Waals surface area (Å²) >= 11 is 6.35. The molecule has 0 fully saturated rings. The van der Waals surface area contributed by atoms with Crippen LogP contribution in [-0.4, -0.2) is 44.3 Å². The lowest BCUT2D eigenvalue weighted by molar-refractivity contribution is -0.139. The maximum absolute atomic E-state index is 13.9. The number of benzene rings is 3. The SMILES string of the molecule is CCCNC(=O)C(C)N(Cc1cccc(C)c1)C(=O)CN(c1ccc(C)c(Cl)c1)S(=O)(=O)c1ccccc1. The van der Waals surface area contributed by atoms with Crippen LogP contribution in [0.15, 0.2) is 77.7 Å². The highest BCUT2D eigenvalue weighted by atomic mass is 35.5. The van der Waals surface area contributed by atoms with Crippen LogP contribution < -0.4 is 9.62 Å². The van der Waals surface area contributed by atoms with Gasteiger partial charge in [0.2, 0.25) is 11.8 Å². The van der Waals surface area contributed by atoms with E-state index >= 15 is 0 Å². The number of rotatable bonds is 11. The second-order valence-corrected chi connectivity index (χ2v) is 11.5. The quantitative estimate of drug-likeness (QED) is 0.357. The summed E-state index contributed by atoms with van der Waals surface area (Å²) in [5, 5.41) is 3.22. The van der Waals surface area contributed by atoms with Crippen LogP contribution in [0.2, 0.25) is 5.02 Å². The van der Waals surface area contributed by atoms with Crippen LogP contribution >= 0.6 is 11.6 Å². The molecule has 3 aromatic rings. The van der Waals surface area contributed by atoms with Crippen molar-refractivity contribution in [1.29, 1.82) is 0 Å². The summed E-state index contributed by atoms with van der Waals surface area (Å²) in [6, 6.07) is 19.6. The van der Waals surface area contributed by atoms with Crippen molar-refractivity contribution in [1.82, 2.24) is 10.2 Å². The van der Waals surface area contributed by atoms with Crippen molar-refractivity contribution in [3.05, 3.63) is 94.5 Å². The van der Waals surface area contributed by atoms with E-state index in [2.05, 4.69) is 5.32 Å². The number of hydrogen-bond acceptors (Lipinski definition) is 4. The summed E-state index contributed by atoms with van der Waals surface area (Å²) < 4.78 is 28.6. The zero-order valence-corrected chi connectivity index (χ0v) is 23.7. The Balaban J connectivity index is 2.03. The molecule has 0 aliphatic rings. The third-order valence-corrected chi connectivity index (χ3v) is 8.40. The summed E-state index contributed by atoms with van der Waals surface area (Å²) in [6.45, 7) is 7.47. The first-order valence-corrected chi connectivity index (χ1v) is 14.3. The van der Waals surface area contributed by atoms with Crippen molar-refractivity contribution in [3.8, 4) is 0 Å². The molecule has 0 saturated carbocycles.